The summed E-state index contributed by atoms with van der Waals surface area (Å²) in [7, 11) is 0. The van der Waals surface area contributed by atoms with Crippen LogP contribution in [0.4, 0.5) is 10.5 Å². The Morgan fingerprint density at radius 2 is 1.71 bits per heavy atom. The fourth-order valence-electron chi connectivity index (χ4n) is 4.59. The molecule has 2 aliphatic rings. The van der Waals surface area contributed by atoms with Gasteiger partial charge in [-0.15, -0.1) is 0 Å². The van der Waals surface area contributed by atoms with Gasteiger partial charge in [-0.1, -0.05) is 60.7 Å². The molecule has 1 fully saturated rings. The molecule has 3 aromatic rings. The number of hydrogen-bond donors (Lipinski definition) is 0. The van der Waals surface area contributed by atoms with Crippen molar-refractivity contribution in [1.29, 1.82) is 0 Å². The van der Waals surface area contributed by atoms with E-state index in [0.29, 0.717) is 49.4 Å². The molecule has 1 spiro atoms. The Balaban J connectivity index is 1.26. The van der Waals surface area contributed by atoms with Crippen molar-refractivity contribution in [2.24, 2.45) is 0 Å². The number of fused-ring (bicyclic) bond motifs is 1. The summed E-state index contributed by atoms with van der Waals surface area (Å²) in [5.41, 5.74) is 3.41. The van der Waals surface area contributed by atoms with Gasteiger partial charge in [-0.3, -0.25) is 4.79 Å². The van der Waals surface area contributed by atoms with Crippen molar-refractivity contribution in [2.45, 2.75) is 31.5 Å². The minimum Gasteiger partial charge on any atom is -0.486 e. The van der Waals surface area contributed by atoms with Crippen LogP contribution in [0.25, 0.3) is 16.0 Å². The molecule has 6 nitrogen and oxygen atoms in total. The zero-order valence-electron chi connectivity index (χ0n) is 18.7. The standard InChI is InChI=1S/C28H24N2O4/c1-29-23-10-7-21(8-11-23)22-9-12-24-25(31)18-28(34-26(24)17-22)13-15-30(16-14-28)27(32)33-19-20-5-3-2-4-6-20/h2-12,17H,13-16,18-19H2. The number of rotatable bonds is 3. The van der Waals surface area contributed by atoms with E-state index in [1.165, 1.54) is 0 Å². The summed E-state index contributed by atoms with van der Waals surface area (Å²) in [6.07, 6.45) is 1.11. The smallest absolute Gasteiger partial charge is 0.410 e. The third kappa shape index (κ3) is 4.38. The highest BCUT2D eigenvalue weighted by atomic mass is 16.6. The summed E-state index contributed by atoms with van der Waals surface area (Å²) >= 11 is 0. The van der Waals surface area contributed by atoms with Gasteiger partial charge in [0.1, 0.15) is 18.0 Å². The van der Waals surface area contributed by atoms with Gasteiger partial charge in [0.05, 0.1) is 18.6 Å². The van der Waals surface area contributed by atoms with Crippen LogP contribution >= 0.6 is 0 Å². The molecule has 2 aliphatic heterocycles. The maximum atomic E-state index is 12.9. The first kappa shape index (κ1) is 21.7. The lowest BCUT2D eigenvalue weighted by Gasteiger charge is -2.43. The van der Waals surface area contributed by atoms with Gasteiger partial charge >= 0.3 is 6.09 Å². The molecule has 5 rings (SSSR count). The van der Waals surface area contributed by atoms with Crippen molar-refractivity contribution in [2.75, 3.05) is 13.1 Å². The molecule has 6 heteroatoms. The summed E-state index contributed by atoms with van der Waals surface area (Å²) in [5.74, 6) is 0.652. The predicted molar refractivity (Wildman–Crippen MR) is 128 cm³/mol. The topological polar surface area (TPSA) is 60.2 Å². The lowest BCUT2D eigenvalue weighted by molar-refractivity contribution is -0.00981. The molecule has 2 heterocycles. The number of hydrogen-bond acceptors (Lipinski definition) is 4. The highest BCUT2D eigenvalue weighted by molar-refractivity contribution is 6.01. The van der Waals surface area contributed by atoms with E-state index in [0.717, 1.165) is 16.7 Å². The first-order chi connectivity index (χ1) is 16.5. The number of Topliss-reactive ketones (excluding diaryl/α,β-unsaturated/α-hetero) is 1. The van der Waals surface area contributed by atoms with Gasteiger partial charge in [-0.05, 0) is 28.8 Å². The molecule has 1 amide bonds. The van der Waals surface area contributed by atoms with Gasteiger partial charge in [0.2, 0.25) is 0 Å². The zero-order chi connectivity index (χ0) is 23.5. The molecule has 0 bridgehead atoms. The van der Waals surface area contributed by atoms with Crippen LogP contribution in [0.3, 0.4) is 0 Å². The number of ether oxygens (including phenoxy) is 2. The maximum Gasteiger partial charge on any atom is 0.410 e. The highest BCUT2D eigenvalue weighted by Crippen LogP contribution is 2.41. The van der Waals surface area contributed by atoms with Gasteiger partial charge in [-0.25, -0.2) is 9.64 Å². The molecule has 3 aromatic carbocycles. The number of piperidine rings is 1. The molecule has 0 aromatic heterocycles. The Hall–Kier alpha value is -4.11. The fourth-order valence-corrected chi connectivity index (χ4v) is 4.59. The molecule has 34 heavy (non-hydrogen) atoms. The predicted octanol–water partition coefficient (Wildman–Crippen LogP) is 6.04. The van der Waals surface area contributed by atoms with E-state index in [9.17, 15) is 9.59 Å². The summed E-state index contributed by atoms with van der Waals surface area (Å²) in [6, 6.07) is 22.6. The van der Waals surface area contributed by atoms with Crippen LogP contribution in [0.2, 0.25) is 0 Å². The second kappa shape index (κ2) is 9.03. The summed E-state index contributed by atoms with van der Waals surface area (Å²) in [5, 5.41) is 0. The molecule has 0 aliphatic carbocycles. The van der Waals surface area contributed by atoms with Crippen LogP contribution in [0.15, 0.2) is 72.8 Å². The molecule has 0 unspecified atom stereocenters. The van der Waals surface area contributed by atoms with Crippen LogP contribution < -0.4 is 4.74 Å². The van der Waals surface area contributed by atoms with Crippen molar-refractivity contribution in [3.63, 3.8) is 0 Å². The number of likely N-dealkylation sites (tertiary alicyclic amines) is 1. The minimum absolute atomic E-state index is 0.0660. The Bertz CT molecular complexity index is 1250. The van der Waals surface area contributed by atoms with Gasteiger partial charge in [0.15, 0.2) is 11.5 Å². The second-order valence-electron chi connectivity index (χ2n) is 8.78. The van der Waals surface area contributed by atoms with Crippen molar-refractivity contribution >= 4 is 17.6 Å². The van der Waals surface area contributed by atoms with Crippen LogP contribution in [0.1, 0.15) is 35.2 Å². The number of carbonyl (C=O) groups excluding carboxylic acids is 2. The number of amides is 1. The fraction of sp³-hybridized carbons (Fsp3) is 0.250. The summed E-state index contributed by atoms with van der Waals surface area (Å²) < 4.78 is 11.9. The lowest BCUT2D eigenvalue weighted by Crippen LogP contribution is -2.52. The van der Waals surface area contributed by atoms with Crippen molar-refractivity contribution in [3.05, 3.63) is 95.3 Å². The normalized spacial score (nSPS) is 16.3. The Morgan fingerprint density at radius 1 is 1.00 bits per heavy atom. The Morgan fingerprint density at radius 3 is 2.41 bits per heavy atom. The van der Waals surface area contributed by atoms with Crippen LogP contribution in [-0.2, 0) is 11.3 Å². The molecule has 0 saturated carbocycles. The number of ketones is 1. The van der Waals surface area contributed by atoms with E-state index in [2.05, 4.69) is 4.85 Å². The average Bonchev–Trinajstić information content (AvgIpc) is 2.88. The molecule has 0 radical (unpaired) electrons. The van der Waals surface area contributed by atoms with Crippen LogP contribution in [0, 0.1) is 6.57 Å². The van der Waals surface area contributed by atoms with Crippen LogP contribution in [-0.4, -0.2) is 35.5 Å². The molecular formula is C28H24N2O4. The maximum absolute atomic E-state index is 12.9. The van der Waals surface area contributed by atoms with Crippen molar-refractivity contribution in [1.82, 2.24) is 4.90 Å². The van der Waals surface area contributed by atoms with Crippen molar-refractivity contribution in [3.8, 4) is 16.9 Å². The van der Waals surface area contributed by atoms with Gasteiger partial charge in [-0.2, -0.15) is 0 Å². The van der Waals surface area contributed by atoms with E-state index in [1.54, 1.807) is 17.0 Å². The molecule has 0 atom stereocenters. The van der Waals surface area contributed by atoms with Gasteiger partial charge < -0.3 is 14.4 Å². The molecule has 0 N–H and O–H groups in total. The molecule has 170 valence electrons. The summed E-state index contributed by atoms with van der Waals surface area (Å²) in [6.45, 7) is 8.31. The molecule has 1 saturated heterocycles. The minimum atomic E-state index is -0.604. The van der Waals surface area contributed by atoms with E-state index in [4.69, 9.17) is 16.0 Å². The lowest BCUT2D eigenvalue weighted by atomic mass is 9.82. The largest absolute Gasteiger partial charge is 0.486 e. The van der Waals surface area contributed by atoms with Crippen LogP contribution in [0.5, 0.6) is 5.75 Å². The zero-order valence-corrected chi connectivity index (χ0v) is 18.7. The average molecular weight is 453 g/mol. The Kier molecular flexibility index (Phi) is 5.77. The third-order valence-corrected chi connectivity index (χ3v) is 6.56. The Labute approximate surface area is 198 Å². The quantitative estimate of drug-likeness (QED) is 0.455. The first-order valence-electron chi connectivity index (χ1n) is 11.4. The van der Waals surface area contributed by atoms with E-state index in [1.807, 2.05) is 60.7 Å². The number of nitrogens with zero attached hydrogens (tertiary/aromatic N) is 2. The van der Waals surface area contributed by atoms with Crippen molar-refractivity contribution < 1.29 is 19.1 Å². The van der Waals surface area contributed by atoms with E-state index >= 15 is 0 Å². The second-order valence-corrected chi connectivity index (χ2v) is 8.78. The number of carbonyl (C=O) groups is 2. The number of benzene rings is 3. The SMILES string of the molecule is [C-]#[N+]c1ccc(-c2ccc3c(c2)OC2(CCN(C(=O)OCc4ccccc4)CC2)CC3=O)cc1. The third-order valence-electron chi connectivity index (χ3n) is 6.56. The highest BCUT2D eigenvalue weighted by Gasteiger charge is 2.44. The van der Waals surface area contributed by atoms with E-state index in [-0.39, 0.29) is 18.5 Å². The monoisotopic (exact) mass is 452 g/mol. The molecular weight excluding hydrogens is 428 g/mol. The summed E-state index contributed by atoms with van der Waals surface area (Å²) in [4.78, 5) is 30.6. The van der Waals surface area contributed by atoms with Gasteiger partial charge in [0, 0.05) is 25.9 Å². The first-order valence-corrected chi connectivity index (χ1v) is 11.4. The van der Waals surface area contributed by atoms with Gasteiger partial charge in [0.25, 0.3) is 0 Å². The van der Waals surface area contributed by atoms with E-state index < -0.39 is 5.60 Å².